The number of hydrogen-bond donors (Lipinski definition) is 1. The summed E-state index contributed by atoms with van der Waals surface area (Å²) in [4.78, 5) is 14.2. The molecule has 1 N–H and O–H groups in total. The van der Waals surface area contributed by atoms with E-state index in [0.29, 0.717) is 18.7 Å². The molecule has 1 aromatic carbocycles. The number of benzene rings is 1. The van der Waals surface area contributed by atoms with Crippen LogP contribution in [0.15, 0.2) is 36.9 Å². The third kappa shape index (κ3) is 5.45. The van der Waals surface area contributed by atoms with Gasteiger partial charge in [0, 0.05) is 18.7 Å². The first kappa shape index (κ1) is 16.2. The highest BCUT2D eigenvalue weighted by atomic mass is 16.5. The lowest BCUT2D eigenvalue weighted by molar-refractivity contribution is 0.0949. The molecule has 110 valence electrons. The van der Waals surface area contributed by atoms with Gasteiger partial charge in [-0.3, -0.25) is 4.79 Å². The van der Waals surface area contributed by atoms with Gasteiger partial charge in [0.05, 0.1) is 0 Å². The topological polar surface area (TPSA) is 41.6 Å². The van der Waals surface area contributed by atoms with E-state index in [2.05, 4.69) is 30.6 Å². The molecule has 0 atom stereocenters. The zero-order chi connectivity index (χ0) is 14.8. The van der Waals surface area contributed by atoms with Crippen molar-refractivity contribution in [2.75, 3.05) is 32.8 Å². The standard InChI is InChI=1S/C16H24N2O2/c1-4-13-20-15-9-7-14(8-10-15)16(19)17-11-12-18(5-2)6-3/h4,7-10H,1,5-6,11-13H2,2-3H3,(H,17,19). The van der Waals surface area contributed by atoms with Gasteiger partial charge in [0.25, 0.3) is 5.91 Å². The van der Waals surface area contributed by atoms with Gasteiger partial charge in [-0.2, -0.15) is 0 Å². The van der Waals surface area contributed by atoms with Gasteiger partial charge in [0.2, 0.25) is 0 Å². The summed E-state index contributed by atoms with van der Waals surface area (Å²) in [5.41, 5.74) is 0.649. The predicted octanol–water partition coefficient (Wildman–Crippen LogP) is 2.32. The van der Waals surface area contributed by atoms with Gasteiger partial charge >= 0.3 is 0 Å². The van der Waals surface area contributed by atoms with Gasteiger partial charge in [-0.1, -0.05) is 26.5 Å². The Balaban J connectivity index is 2.41. The minimum absolute atomic E-state index is 0.0487. The Morgan fingerprint density at radius 2 is 1.95 bits per heavy atom. The maximum atomic E-state index is 11.9. The van der Waals surface area contributed by atoms with Crippen LogP contribution in [-0.2, 0) is 0 Å². The van der Waals surface area contributed by atoms with Gasteiger partial charge in [0.15, 0.2) is 0 Å². The third-order valence-electron chi connectivity index (χ3n) is 3.09. The van der Waals surface area contributed by atoms with Crippen molar-refractivity contribution in [1.82, 2.24) is 10.2 Å². The largest absolute Gasteiger partial charge is 0.490 e. The van der Waals surface area contributed by atoms with Crippen LogP contribution in [-0.4, -0.2) is 43.6 Å². The van der Waals surface area contributed by atoms with E-state index in [0.717, 1.165) is 25.4 Å². The summed E-state index contributed by atoms with van der Waals surface area (Å²) in [6, 6.07) is 7.13. The van der Waals surface area contributed by atoms with E-state index >= 15 is 0 Å². The molecule has 0 spiro atoms. The molecule has 0 fully saturated rings. The monoisotopic (exact) mass is 276 g/mol. The van der Waals surface area contributed by atoms with E-state index in [1.807, 2.05) is 0 Å². The van der Waals surface area contributed by atoms with Crippen molar-refractivity contribution in [1.29, 1.82) is 0 Å². The van der Waals surface area contributed by atoms with Crippen molar-refractivity contribution in [3.05, 3.63) is 42.5 Å². The Hall–Kier alpha value is -1.81. The quantitative estimate of drug-likeness (QED) is 0.704. The van der Waals surface area contributed by atoms with Crippen LogP contribution < -0.4 is 10.1 Å². The highest BCUT2D eigenvalue weighted by molar-refractivity contribution is 5.94. The highest BCUT2D eigenvalue weighted by Crippen LogP contribution is 2.12. The molecule has 0 aliphatic carbocycles. The second kappa shape index (κ2) is 9.15. The molecule has 1 amide bonds. The Labute approximate surface area is 121 Å². The number of rotatable bonds is 9. The summed E-state index contributed by atoms with van der Waals surface area (Å²) >= 11 is 0. The summed E-state index contributed by atoms with van der Waals surface area (Å²) in [6.07, 6.45) is 1.69. The smallest absolute Gasteiger partial charge is 0.251 e. The molecule has 0 bridgehead atoms. The molecule has 1 rings (SSSR count). The predicted molar refractivity (Wildman–Crippen MR) is 82.3 cm³/mol. The molecular formula is C16H24N2O2. The molecule has 0 saturated heterocycles. The van der Waals surface area contributed by atoms with Crippen molar-refractivity contribution in [3.63, 3.8) is 0 Å². The van der Waals surface area contributed by atoms with Crippen molar-refractivity contribution < 1.29 is 9.53 Å². The number of nitrogens with one attached hydrogen (secondary N) is 1. The normalized spacial score (nSPS) is 10.3. The summed E-state index contributed by atoms with van der Waals surface area (Å²) in [5.74, 6) is 0.692. The van der Waals surface area contributed by atoms with Crippen LogP contribution in [0, 0.1) is 0 Å². The Morgan fingerprint density at radius 1 is 1.30 bits per heavy atom. The minimum Gasteiger partial charge on any atom is -0.490 e. The highest BCUT2D eigenvalue weighted by Gasteiger charge is 2.06. The molecule has 0 radical (unpaired) electrons. The van der Waals surface area contributed by atoms with Crippen LogP contribution in [0.4, 0.5) is 0 Å². The molecule has 4 nitrogen and oxygen atoms in total. The lowest BCUT2D eigenvalue weighted by Gasteiger charge is -2.17. The zero-order valence-corrected chi connectivity index (χ0v) is 12.4. The van der Waals surface area contributed by atoms with Crippen LogP contribution >= 0.6 is 0 Å². The summed E-state index contributed by atoms with van der Waals surface area (Å²) in [7, 11) is 0. The van der Waals surface area contributed by atoms with Crippen LogP contribution in [0.2, 0.25) is 0 Å². The van der Waals surface area contributed by atoms with Crippen LogP contribution in [0.25, 0.3) is 0 Å². The number of likely N-dealkylation sites (N-methyl/N-ethyl adjacent to an activating group) is 1. The fraction of sp³-hybridized carbons (Fsp3) is 0.438. The maximum absolute atomic E-state index is 11.9. The summed E-state index contributed by atoms with van der Waals surface area (Å²) < 4.78 is 5.38. The van der Waals surface area contributed by atoms with Crippen molar-refractivity contribution in [3.8, 4) is 5.75 Å². The van der Waals surface area contributed by atoms with Gasteiger partial charge in [-0.25, -0.2) is 0 Å². The number of ether oxygens (including phenoxy) is 1. The molecule has 0 aliphatic heterocycles. The van der Waals surface area contributed by atoms with Crippen molar-refractivity contribution >= 4 is 5.91 Å². The molecule has 1 aromatic rings. The molecule has 0 aliphatic rings. The van der Waals surface area contributed by atoms with Gasteiger partial charge < -0.3 is 15.0 Å². The number of carbonyl (C=O) groups excluding carboxylic acids is 1. The van der Waals surface area contributed by atoms with Gasteiger partial charge in [0.1, 0.15) is 12.4 Å². The van der Waals surface area contributed by atoms with Crippen molar-refractivity contribution in [2.45, 2.75) is 13.8 Å². The van der Waals surface area contributed by atoms with Crippen LogP contribution in [0.1, 0.15) is 24.2 Å². The SMILES string of the molecule is C=CCOc1ccc(C(=O)NCCN(CC)CC)cc1. The van der Waals surface area contributed by atoms with Gasteiger partial charge in [-0.05, 0) is 37.4 Å². The first-order chi connectivity index (χ1) is 9.71. The number of carbonyl (C=O) groups is 1. The van der Waals surface area contributed by atoms with E-state index in [1.165, 1.54) is 0 Å². The Kier molecular flexibility index (Phi) is 7.43. The van der Waals surface area contributed by atoms with E-state index in [9.17, 15) is 4.79 Å². The number of hydrogen-bond acceptors (Lipinski definition) is 3. The van der Waals surface area contributed by atoms with Crippen LogP contribution in [0.3, 0.4) is 0 Å². The van der Waals surface area contributed by atoms with E-state index in [-0.39, 0.29) is 5.91 Å². The lowest BCUT2D eigenvalue weighted by atomic mass is 10.2. The Bertz CT molecular complexity index is 411. The first-order valence-corrected chi connectivity index (χ1v) is 7.05. The van der Waals surface area contributed by atoms with E-state index in [1.54, 1.807) is 30.3 Å². The lowest BCUT2D eigenvalue weighted by Crippen LogP contribution is -2.34. The summed E-state index contributed by atoms with van der Waals surface area (Å²) in [5, 5.41) is 2.92. The average molecular weight is 276 g/mol. The second-order valence-corrected chi connectivity index (χ2v) is 4.41. The minimum atomic E-state index is -0.0487. The fourth-order valence-electron chi connectivity index (χ4n) is 1.83. The average Bonchev–Trinajstić information content (AvgIpc) is 2.50. The molecule has 0 unspecified atom stereocenters. The molecule has 20 heavy (non-hydrogen) atoms. The fourth-order valence-corrected chi connectivity index (χ4v) is 1.83. The van der Waals surface area contributed by atoms with Crippen molar-refractivity contribution in [2.24, 2.45) is 0 Å². The third-order valence-corrected chi connectivity index (χ3v) is 3.09. The molecule has 0 aromatic heterocycles. The zero-order valence-electron chi connectivity index (χ0n) is 12.4. The molecule has 0 saturated carbocycles. The summed E-state index contributed by atoms with van der Waals surface area (Å²) in [6.45, 7) is 11.8. The number of amides is 1. The Morgan fingerprint density at radius 3 is 2.50 bits per heavy atom. The van der Waals surface area contributed by atoms with Gasteiger partial charge in [-0.15, -0.1) is 0 Å². The molecule has 0 heterocycles. The second-order valence-electron chi connectivity index (χ2n) is 4.41. The van der Waals surface area contributed by atoms with E-state index < -0.39 is 0 Å². The van der Waals surface area contributed by atoms with Crippen LogP contribution in [0.5, 0.6) is 5.75 Å². The maximum Gasteiger partial charge on any atom is 0.251 e. The molecule has 4 heteroatoms. The molecular weight excluding hydrogens is 252 g/mol. The van der Waals surface area contributed by atoms with E-state index in [4.69, 9.17) is 4.74 Å². The first-order valence-electron chi connectivity index (χ1n) is 7.05. The number of nitrogens with zero attached hydrogens (tertiary/aromatic N) is 1.